The molecule has 6 N–H and O–H groups in total. The summed E-state index contributed by atoms with van der Waals surface area (Å²) in [6, 6.07) is 0. The number of aromatic nitrogens is 4. The van der Waals surface area contributed by atoms with Gasteiger partial charge in [-0.1, -0.05) is 0 Å². The van der Waals surface area contributed by atoms with Crippen LogP contribution in [0.5, 0.6) is 0 Å². The van der Waals surface area contributed by atoms with E-state index in [0.29, 0.717) is 17.7 Å². The second kappa shape index (κ2) is 4.52. The van der Waals surface area contributed by atoms with Crippen LogP contribution in [0.25, 0.3) is 11.2 Å². The Kier molecular flexibility index (Phi) is 3.07. The molecule has 2 rings (SSSR count). The molecule has 0 fully saturated rings. The summed E-state index contributed by atoms with van der Waals surface area (Å²) >= 11 is 0. The molecule has 17 heavy (non-hydrogen) atoms. The van der Waals surface area contributed by atoms with Crippen LogP contribution in [0.15, 0.2) is 6.33 Å². The van der Waals surface area contributed by atoms with Gasteiger partial charge in [-0.2, -0.15) is 9.97 Å². The number of fused-ring (bicyclic) bond motifs is 1. The molecule has 0 atom stereocenters. The normalized spacial score (nSPS) is 11.5. The molecule has 2 aromatic heterocycles. The zero-order valence-corrected chi connectivity index (χ0v) is 9.11. The van der Waals surface area contributed by atoms with E-state index < -0.39 is 0 Å². The third-order valence-corrected chi connectivity index (χ3v) is 2.48. The smallest absolute Gasteiger partial charge is 0.224 e. The maximum absolute atomic E-state index is 9.03. The van der Waals surface area contributed by atoms with Gasteiger partial charge in [-0.3, -0.25) is 0 Å². The van der Waals surface area contributed by atoms with Crippen molar-refractivity contribution >= 4 is 22.9 Å². The molecular weight excluding hydrogens is 224 g/mol. The zero-order chi connectivity index (χ0) is 12.4. The highest BCUT2D eigenvalue weighted by atomic mass is 16.3. The number of hydrogen-bond donors (Lipinski definition) is 4. The average molecular weight is 238 g/mol. The lowest BCUT2D eigenvalue weighted by atomic mass is 10.2. The molecule has 0 radical (unpaired) electrons. The van der Waals surface area contributed by atoms with Gasteiger partial charge in [0.25, 0.3) is 0 Å². The molecule has 0 aliphatic heterocycles. The van der Waals surface area contributed by atoms with Gasteiger partial charge in [0, 0.05) is 25.7 Å². The van der Waals surface area contributed by atoms with Crippen molar-refractivity contribution in [3.63, 3.8) is 0 Å². The molecule has 0 spiro atoms. The van der Waals surface area contributed by atoms with Crippen molar-refractivity contribution in [1.82, 2.24) is 19.5 Å². The van der Waals surface area contributed by atoms with Gasteiger partial charge in [-0.05, 0) is 0 Å². The van der Waals surface area contributed by atoms with E-state index in [-0.39, 0.29) is 30.9 Å². The minimum absolute atomic E-state index is 0.0706. The third-order valence-electron chi connectivity index (χ3n) is 2.48. The van der Waals surface area contributed by atoms with E-state index in [1.807, 2.05) is 0 Å². The Balaban J connectivity index is 2.42. The molecule has 0 saturated heterocycles. The second-order valence-corrected chi connectivity index (χ2v) is 3.77. The fraction of sp³-hybridized carbons (Fsp3) is 0.444. The topological polar surface area (TPSA) is 136 Å². The van der Waals surface area contributed by atoms with Crippen LogP contribution in [0, 0.1) is 5.92 Å². The summed E-state index contributed by atoms with van der Waals surface area (Å²) in [6.07, 6.45) is 1.54. The minimum atomic E-state index is -0.273. The van der Waals surface area contributed by atoms with Gasteiger partial charge in [0.05, 0.1) is 6.33 Å². The van der Waals surface area contributed by atoms with Gasteiger partial charge < -0.3 is 26.2 Å². The number of rotatable bonds is 4. The van der Waals surface area contributed by atoms with Crippen LogP contribution in [-0.4, -0.2) is 42.9 Å². The van der Waals surface area contributed by atoms with Crippen LogP contribution >= 0.6 is 0 Å². The third kappa shape index (κ3) is 2.12. The Morgan fingerprint density at radius 1 is 1.24 bits per heavy atom. The Labute approximate surface area is 96.9 Å². The summed E-state index contributed by atoms with van der Waals surface area (Å²) < 4.78 is 1.68. The molecular formula is C9H14N6O2. The van der Waals surface area contributed by atoms with Crippen LogP contribution in [0.3, 0.4) is 0 Å². The number of aliphatic hydroxyl groups excluding tert-OH is 2. The highest BCUT2D eigenvalue weighted by Gasteiger charge is 2.13. The van der Waals surface area contributed by atoms with Crippen molar-refractivity contribution in [3.05, 3.63) is 6.33 Å². The predicted octanol–water partition coefficient (Wildman–Crippen LogP) is -1.41. The van der Waals surface area contributed by atoms with Crippen LogP contribution in [0.4, 0.5) is 11.8 Å². The van der Waals surface area contributed by atoms with E-state index in [0.717, 1.165) is 0 Å². The van der Waals surface area contributed by atoms with Crippen molar-refractivity contribution in [2.24, 2.45) is 5.92 Å². The number of imidazole rings is 1. The molecule has 0 aliphatic carbocycles. The van der Waals surface area contributed by atoms with Crippen molar-refractivity contribution in [3.8, 4) is 0 Å². The summed E-state index contributed by atoms with van der Waals surface area (Å²) in [5.41, 5.74) is 12.1. The van der Waals surface area contributed by atoms with E-state index in [9.17, 15) is 0 Å². The van der Waals surface area contributed by atoms with Crippen LogP contribution in [0.2, 0.25) is 0 Å². The van der Waals surface area contributed by atoms with Crippen molar-refractivity contribution in [2.75, 3.05) is 24.7 Å². The zero-order valence-electron chi connectivity index (χ0n) is 9.11. The first-order valence-corrected chi connectivity index (χ1v) is 5.11. The fourth-order valence-corrected chi connectivity index (χ4v) is 1.57. The molecule has 0 unspecified atom stereocenters. The maximum Gasteiger partial charge on any atom is 0.224 e. The van der Waals surface area contributed by atoms with E-state index in [1.165, 1.54) is 6.33 Å². The highest BCUT2D eigenvalue weighted by molar-refractivity contribution is 5.82. The maximum atomic E-state index is 9.03. The number of nitrogens with two attached hydrogens (primary N) is 2. The van der Waals surface area contributed by atoms with E-state index in [2.05, 4.69) is 15.0 Å². The van der Waals surface area contributed by atoms with Crippen molar-refractivity contribution in [2.45, 2.75) is 6.54 Å². The summed E-state index contributed by atoms with van der Waals surface area (Å²) in [7, 11) is 0. The SMILES string of the molecule is Nc1nc(N)c2ncn(CC(CO)CO)c2n1. The lowest BCUT2D eigenvalue weighted by Gasteiger charge is -2.11. The summed E-state index contributed by atoms with van der Waals surface area (Å²) in [5, 5.41) is 18.1. The van der Waals surface area contributed by atoms with E-state index >= 15 is 0 Å². The summed E-state index contributed by atoms with van der Waals surface area (Å²) in [5.74, 6) is 0.0157. The molecule has 0 aromatic carbocycles. The summed E-state index contributed by atoms with van der Waals surface area (Å²) in [6.45, 7) is 0.151. The van der Waals surface area contributed by atoms with Crippen LogP contribution in [0.1, 0.15) is 0 Å². The Morgan fingerprint density at radius 2 is 1.94 bits per heavy atom. The monoisotopic (exact) mass is 238 g/mol. The number of hydrogen-bond acceptors (Lipinski definition) is 7. The lowest BCUT2D eigenvalue weighted by Crippen LogP contribution is -2.18. The number of nitrogen functional groups attached to an aromatic ring is 2. The Bertz CT molecular complexity index is 521. The van der Waals surface area contributed by atoms with Crippen molar-refractivity contribution in [1.29, 1.82) is 0 Å². The highest BCUT2D eigenvalue weighted by Crippen LogP contribution is 2.17. The molecule has 2 heterocycles. The first-order chi connectivity index (χ1) is 8.15. The number of aliphatic hydroxyl groups is 2. The van der Waals surface area contributed by atoms with Crippen molar-refractivity contribution < 1.29 is 10.2 Å². The average Bonchev–Trinajstić information content (AvgIpc) is 2.69. The molecule has 0 bridgehead atoms. The standard InChI is InChI=1S/C9H14N6O2/c10-7-6-8(14-9(11)13-7)15(4-12-6)1-5(2-16)3-17/h4-5,16-17H,1-3H2,(H4,10,11,13,14). The number of anilines is 2. The molecule has 0 saturated carbocycles. The largest absolute Gasteiger partial charge is 0.396 e. The van der Waals surface area contributed by atoms with Gasteiger partial charge in [0.1, 0.15) is 5.52 Å². The molecule has 0 aliphatic rings. The fourth-order valence-electron chi connectivity index (χ4n) is 1.57. The molecule has 92 valence electrons. The van der Waals surface area contributed by atoms with E-state index in [4.69, 9.17) is 21.7 Å². The molecule has 8 nitrogen and oxygen atoms in total. The molecule has 8 heteroatoms. The second-order valence-electron chi connectivity index (χ2n) is 3.77. The van der Waals surface area contributed by atoms with Gasteiger partial charge in [0.2, 0.25) is 5.95 Å². The Morgan fingerprint density at radius 3 is 2.59 bits per heavy atom. The molecule has 2 aromatic rings. The summed E-state index contributed by atoms with van der Waals surface area (Å²) in [4.78, 5) is 11.9. The van der Waals surface area contributed by atoms with Gasteiger partial charge in [0.15, 0.2) is 11.5 Å². The first-order valence-electron chi connectivity index (χ1n) is 5.11. The van der Waals surface area contributed by atoms with Gasteiger partial charge in [-0.25, -0.2) is 4.98 Å². The first kappa shape index (κ1) is 11.6. The van der Waals surface area contributed by atoms with Crippen LogP contribution in [-0.2, 0) is 6.54 Å². The predicted molar refractivity (Wildman–Crippen MR) is 61.8 cm³/mol. The van der Waals surface area contributed by atoms with Crippen LogP contribution < -0.4 is 11.5 Å². The molecule has 0 amide bonds. The Hall–Kier alpha value is -1.93. The number of nitrogens with zero attached hydrogens (tertiary/aromatic N) is 4. The minimum Gasteiger partial charge on any atom is -0.396 e. The van der Waals surface area contributed by atoms with Gasteiger partial charge >= 0.3 is 0 Å². The van der Waals surface area contributed by atoms with E-state index in [1.54, 1.807) is 4.57 Å². The quantitative estimate of drug-likeness (QED) is 0.513. The lowest BCUT2D eigenvalue weighted by molar-refractivity contribution is 0.138. The van der Waals surface area contributed by atoms with Gasteiger partial charge in [-0.15, -0.1) is 0 Å².